The van der Waals surface area contributed by atoms with Crippen molar-refractivity contribution >= 4 is 17.7 Å². The van der Waals surface area contributed by atoms with E-state index in [1.165, 1.54) is 11.8 Å². The Labute approximate surface area is 177 Å². The number of hydrogen-bond donors (Lipinski definition) is 0. The van der Waals surface area contributed by atoms with Crippen LogP contribution in [0.4, 0.5) is 0 Å². The molecule has 4 rings (SSSR count). The number of hydrogen-bond acceptors (Lipinski definition) is 8. The number of para-hydroxylation sites is 1. The van der Waals surface area contributed by atoms with Gasteiger partial charge in [0.15, 0.2) is 10.9 Å². The molecule has 0 radical (unpaired) electrons. The fourth-order valence-corrected chi connectivity index (χ4v) is 3.42. The molecule has 0 unspecified atom stereocenters. The topological polar surface area (TPSA) is 95.9 Å². The standard InChI is InChI=1S/C21H19N5O3S/c1-30-21-23-14-17(26(21)16-8-3-2-4-9-16)20(27)28-12-6-10-18-24-19(25-29-18)15-7-5-11-22-13-15/h2-5,7-9,11,13-14H,6,10,12H2,1H3. The van der Waals surface area contributed by atoms with Crippen LogP contribution in [-0.2, 0) is 11.2 Å². The summed E-state index contributed by atoms with van der Waals surface area (Å²) in [5.74, 6) is 0.559. The number of imidazole rings is 1. The molecule has 0 spiro atoms. The van der Waals surface area contributed by atoms with Crippen LogP contribution in [-0.4, -0.2) is 43.5 Å². The molecule has 0 saturated heterocycles. The number of benzene rings is 1. The van der Waals surface area contributed by atoms with Crippen molar-refractivity contribution in [3.05, 3.63) is 72.6 Å². The van der Waals surface area contributed by atoms with Gasteiger partial charge in [-0.3, -0.25) is 9.55 Å². The summed E-state index contributed by atoms with van der Waals surface area (Å²) in [6, 6.07) is 13.3. The minimum absolute atomic E-state index is 0.234. The van der Waals surface area contributed by atoms with Gasteiger partial charge in [0.1, 0.15) is 0 Å². The largest absolute Gasteiger partial charge is 0.461 e. The first-order valence-electron chi connectivity index (χ1n) is 9.33. The monoisotopic (exact) mass is 421 g/mol. The number of ether oxygens (including phenoxy) is 1. The van der Waals surface area contributed by atoms with Crippen LogP contribution in [0.5, 0.6) is 0 Å². The van der Waals surface area contributed by atoms with Crippen molar-refractivity contribution in [1.29, 1.82) is 0 Å². The maximum Gasteiger partial charge on any atom is 0.357 e. The summed E-state index contributed by atoms with van der Waals surface area (Å²) in [5, 5.41) is 4.68. The van der Waals surface area contributed by atoms with Crippen LogP contribution in [0, 0.1) is 0 Å². The highest BCUT2D eigenvalue weighted by molar-refractivity contribution is 7.98. The van der Waals surface area contributed by atoms with Gasteiger partial charge in [0.2, 0.25) is 11.7 Å². The van der Waals surface area contributed by atoms with Gasteiger partial charge < -0.3 is 9.26 Å². The zero-order valence-corrected chi connectivity index (χ0v) is 17.1. The lowest BCUT2D eigenvalue weighted by Gasteiger charge is -2.10. The smallest absolute Gasteiger partial charge is 0.357 e. The summed E-state index contributed by atoms with van der Waals surface area (Å²) in [4.78, 5) is 25.3. The highest BCUT2D eigenvalue weighted by Gasteiger charge is 2.19. The summed E-state index contributed by atoms with van der Waals surface area (Å²) < 4.78 is 12.5. The quantitative estimate of drug-likeness (QED) is 0.241. The zero-order chi connectivity index (χ0) is 20.8. The summed E-state index contributed by atoms with van der Waals surface area (Å²) in [6.45, 7) is 0.234. The van der Waals surface area contributed by atoms with Crippen LogP contribution in [0.3, 0.4) is 0 Å². The van der Waals surface area contributed by atoms with Gasteiger partial charge in [-0.1, -0.05) is 35.1 Å². The van der Waals surface area contributed by atoms with E-state index in [-0.39, 0.29) is 6.61 Å². The normalized spacial score (nSPS) is 10.8. The van der Waals surface area contributed by atoms with Crippen LogP contribution < -0.4 is 0 Å². The minimum Gasteiger partial charge on any atom is -0.461 e. The Hall–Kier alpha value is -3.46. The van der Waals surface area contributed by atoms with Crippen molar-refractivity contribution in [1.82, 2.24) is 24.7 Å². The number of aryl methyl sites for hydroxylation is 1. The summed E-state index contributed by atoms with van der Waals surface area (Å²) in [5.41, 5.74) is 2.04. The summed E-state index contributed by atoms with van der Waals surface area (Å²) in [6.07, 6.45) is 7.89. The maximum absolute atomic E-state index is 12.6. The predicted octanol–water partition coefficient (Wildman–Crippen LogP) is 3.83. The van der Waals surface area contributed by atoms with Gasteiger partial charge in [-0.05, 0) is 36.9 Å². The second-order valence-electron chi connectivity index (χ2n) is 6.29. The molecule has 0 bridgehead atoms. The lowest BCUT2D eigenvalue weighted by Crippen LogP contribution is -2.12. The van der Waals surface area contributed by atoms with Crippen LogP contribution in [0.25, 0.3) is 17.1 Å². The van der Waals surface area contributed by atoms with E-state index in [2.05, 4.69) is 20.1 Å². The first-order valence-corrected chi connectivity index (χ1v) is 10.6. The summed E-state index contributed by atoms with van der Waals surface area (Å²) in [7, 11) is 0. The van der Waals surface area contributed by atoms with E-state index in [0.29, 0.717) is 30.3 Å². The Morgan fingerprint density at radius 3 is 2.80 bits per heavy atom. The van der Waals surface area contributed by atoms with Crippen molar-refractivity contribution < 1.29 is 14.1 Å². The molecule has 4 aromatic rings. The average molecular weight is 421 g/mol. The minimum atomic E-state index is -0.423. The Morgan fingerprint density at radius 2 is 2.03 bits per heavy atom. The van der Waals surface area contributed by atoms with Gasteiger partial charge in [-0.2, -0.15) is 4.98 Å². The van der Waals surface area contributed by atoms with Crippen LogP contribution in [0.15, 0.2) is 70.7 Å². The Balaban J connectivity index is 1.35. The molecule has 152 valence electrons. The Morgan fingerprint density at radius 1 is 1.17 bits per heavy atom. The molecular formula is C21H19N5O3S. The first kappa shape index (κ1) is 19.8. The molecule has 0 fully saturated rings. The molecule has 0 saturated carbocycles. The highest BCUT2D eigenvalue weighted by atomic mass is 32.2. The zero-order valence-electron chi connectivity index (χ0n) is 16.3. The lowest BCUT2D eigenvalue weighted by molar-refractivity contribution is 0.0488. The van der Waals surface area contributed by atoms with E-state index < -0.39 is 5.97 Å². The first-order chi connectivity index (χ1) is 14.8. The SMILES string of the molecule is CSc1ncc(C(=O)OCCCc2nc(-c3cccnc3)no2)n1-c1ccccc1. The third-order valence-corrected chi connectivity index (χ3v) is 4.94. The van der Waals surface area contributed by atoms with Gasteiger partial charge in [0.05, 0.1) is 12.8 Å². The van der Waals surface area contributed by atoms with E-state index >= 15 is 0 Å². The molecule has 0 amide bonds. The van der Waals surface area contributed by atoms with Crippen LogP contribution in [0.2, 0.25) is 0 Å². The number of carbonyl (C=O) groups excluding carboxylic acids is 1. The molecule has 8 nitrogen and oxygen atoms in total. The van der Waals surface area contributed by atoms with Gasteiger partial charge in [-0.25, -0.2) is 9.78 Å². The lowest BCUT2D eigenvalue weighted by atomic mass is 10.3. The van der Waals surface area contributed by atoms with E-state index in [1.807, 2.05) is 48.7 Å². The fourth-order valence-electron chi connectivity index (χ4n) is 2.88. The van der Waals surface area contributed by atoms with Gasteiger partial charge >= 0.3 is 5.97 Å². The molecule has 30 heavy (non-hydrogen) atoms. The van der Waals surface area contributed by atoms with Crippen LogP contribution in [0.1, 0.15) is 22.8 Å². The highest BCUT2D eigenvalue weighted by Crippen LogP contribution is 2.22. The Bertz CT molecular complexity index is 1110. The number of aromatic nitrogens is 5. The van der Waals surface area contributed by atoms with Gasteiger partial charge in [-0.15, -0.1) is 0 Å². The molecule has 0 atom stereocenters. The van der Waals surface area contributed by atoms with E-state index in [9.17, 15) is 4.79 Å². The fraction of sp³-hybridized carbons (Fsp3) is 0.190. The molecule has 0 aliphatic rings. The van der Waals surface area contributed by atoms with Crippen LogP contribution >= 0.6 is 11.8 Å². The van der Waals surface area contributed by atoms with Crippen molar-refractivity contribution in [2.45, 2.75) is 18.0 Å². The Kier molecular flexibility index (Phi) is 6.19. The third kappa shape index (κ3) is 4.41. The number of rotatable bonds is 8. The third-order valence-electron chi connectivity index (χ3n) is 4.29. The van der Waals surface area contributed by atoms with Crippen molar-refractivity contribution in [3.63, 3.8) is 0 Å². The van der Waals surface area contributed by atoms with Crippen molar-refractivity contribution in [2.75, 3.05) is 12.9 Å². The molecular weight excluding hydrogens is 402 g/mol. The van der Waals surface area contributed by atoms with Crippen molar-refractivity contribution in [3.8, 4) is 17.1 Å². The van der Waals surface area contributed by atoms with E-state index in [4.69, 9.17) is 9.26 Å². The van der Waals surface area contributed by atoms with Gasteiger partial charge in [0.25, 0.3) is 0 Å². The molecule has 3 heterocycles. The number of nitrogens with zero attached hydrogens (tertiary/aromatic N) is 5. The molecule has 9 heteroatoms. The average Bonchev–Trinajstić information content (AvgIpc) is 3.45. The molecule has 0 aliphatic carbocycles. The van der Waals surface area contributed by atoms with E-state index in [1.54, 1.807) is 23.2 Å². The maximum atomic E-state index is 12.6. The number of pyridine rings is 1. The van der Waals surface area contributed by atoms with Gasteiger partial charge in [0, 0.05) is 30.1 Å². The number of thioether (sulfide) groups is 1. The summed E-state index contributed by atoms with van der Waals surface area (Å²) >= 11 is 1.47. The number of esters is 1. The van der Waals surface area contributed by atoms with Crippen molar-refractivity contribution in [2.24, 2.45) is 0 Å². The number of carbonyl (C=O) groups is 1. The second kappa shape index (κ2) is 9.36. The molecule has 0 aliphatic heterocycles. The second-order valence-corrected chi connectivity index (χ2v) is 7.07. The predicted molar refractivity (Wildman–Crippen MR) is 111 cm³/mol. The molecule has 1 aromatic carbocycles. The molecule has 3 aromatic heterocycles. The van der Waals surface area contributed by atoms with E-state index in [0.717, 1.165) is 16.4 Å². The molecule has 0 N–H and O–H groups in total.